The summed E-state index contributed by atoms with van der Waals surface area (Å²) in [6.45, 7) is 1.85. The average molecular weight is 202 g/mol. The molecule has 76 valence electrons. The van der Waals surface area contributed by atoms with Crippen LogP contribution in [0.5, 0.6) is 0 Å². The molecule has 0 spiro atoms. The summed E-state index contributed by atoms with van der Waals surface area (Å²) >= 11 is 0. The minimum absolute atomic E-state index is 0.0718. The highest BCUT2D eigenvalue weighted by Gasteiger charge is 2.04. The normalized spacial score (nSPS) is 10.5. The molecule has 0 aliphatic heterocycles. The van der Waals surface area contributed by atoms with Crippen molar-refractivity contribution >= 4 is 16.9 Å². The molecule has 0 radical (unpaired) electrons. The van der Waals surface area contributed by atoms with Crippen molar-refractivity contribution in [1.82, 2.24) is 4.98 Å². The molecule has 0 saturated carbocycles. The number of carboxylic acids is 1. The number of benzene rings is 1. The van der Waals surface area contributed by atoms with Crippen LogP contribution in [0.25, 0.3) is 10.9 Å². The van der Waals surface area contributed by atoms with E-state index in [1.807, 2.05) is 6.92 Å². The molecule has 0 amide bonds. The van der Waals surface area contributed by atoms with Crippen LogP contribution < -0.4 is 10.7 Å². The van der Waals surface area contributed by atoms with Crippen molar-refractivity contribution < 1.29 is 9.90 Å². The van der Waals surface area contributed by atoms with Crippen LogP contribution in [-0.2, 0) is 0 Å². The fourth-order valence-electron chi connectivity index (χ4n) is 1.54. The van der Waals surface area contributed by atoms with Crippen molar-refractivity contribution in [3.63, 3.8) is 0 Å². The minimum Gasteiger partial charge on any atom is -0.545 e. The van der Waals surface area contributed by atoms with Gasteiger partial charge in [0.1, 0.15) is 0 Å². The van der Waals surface area contributed by atoms with Gasteiger partial charge in [-0.3, -0.25) is 4.79 Å². The lowest BCUT2D eigenvalue weighted by Crippen LogP contribution is -2.24. The number of aromatic nitrogens is 1. The smallest absolute Gasteiger partial charge is 0.249 e. The summed E-state index contributed by atoms with van der Waals surface area (Å²) in [5.41, 5.74) is 0.923. The Morgan fingerprint density at radius 2 is 2.07 bits per heavy atom. The first-order chi connectivity index (χ1) is 7.08. The third-order valence-corrected chi connectivity index (χ3v) is 2.22. The number of fused-ring (bicyclic) bond motifs is 1. The highest BCUT2D eigenvalue weighted by Crippen LogP contribution is 2.15. The van der Waals surface area contributed by atoms with E-state index < -0.39 is 11.5 Å². The molecule has 1 aromatic carbocycles. The number of H-pyrrole nitrogens is 1. The third kappa shape index (κ3) is 1.61. The standard InChI is InChI=1S/C11H9NO3/c1-6-2-3-9-7(4-6)8(11(14)15)5-10(13)12-9/h2-5H,1H3,(H,12,13)(H,14,15)/p-1. The van der Waals surface area contributed by atoms with E-state index in [4.69, 9.17) is 0 Å². The number of hydrogen-bond donors (Lipinski definition) is 1. The molecule has 2 aromatic rings. The van der Waals surface area contributed by atoms with Crippen LogP contribution in [-0.4, -0.2) is 11.0 Å². The predicted octanol–water partition coefficient (Wildman–Crippen LogP) is 0.200. The maximum Gasteiger partial charge on any atom is 0.249 e. The van der Waals surface area contributed by atoms with Crippen molar-refractivity contribution in [2.45, 2.75) is 6.92 Å². The first-order valence-corrected chi connectivity index (χ1v) is 4.43. The minimum atomic E-state index is -1.34. The maximum atomic E-state index is 11.1. The second-order valence-electron chi connectivity index (χ2n) is 3.38. The molecule has 0 aliphatic rings. The fraction of sp³-hybridized carbons (Fsp3) is 0.0909. The zero-order valence-corrected chi connectivity index (χ0v) is 8.03. The first-order valence-electron chi connectivity index (χ1n) is 4.43. The number of aromatic carboxylic acids is 1. The van der Waals surface area contributed by atoms with E-state index in [0.717, 1.165) is 11.6 Å². The van der Waals surface area contributed by atoms with E-state index in [-0.39, 0.29) is 5.56 Å². The van der Waals surface area contributed by atoms with E-state index in [2.05, 4.69) is 4.98 Å². The first kappa shape index (κ1) is 9.45. The monoisotopic (exact) mass is 202 g/mol. The summed E-state index contributed by atoms with van der Waals surface area (Å²) in [4.78, 5) is 24.5. The number of aryl methyl sites for hydroxylation is 1. The maximum absolute atomic E-state index is 11.1. The van der Waals surface area contributed by atoms with Gasteiger partial charge in [0.05, 0.1) is 5.97 Å². The van der Waals surface area contributed by atoms with E-state index in [1.165, 1.54) is 0 Å². The van der Waals surface area contributed by atoms with Gasteiger partial charge in [-0.25, -0.2) is 0 Å². The molecule has 0 unspecified atom stereocenters. The highest BCUT2D eigenvalue weighted by molar-refractivity contribution is 6.01. The Morgan fingerprint density at radius 3 is 2.73 bits per heavy atom. The predicted molar refractivity (Wildman–Crippen MR) is 53.6 cm³/mol. The molecule has 0 bridgehead atoms. The summed E-state index contributed by atoms with van der Waals surface area (Å²) in [5.74, 6) is -1.34. The lowest BCUT2D eigenvalue weighted by atomic mass is 10.1. The van der Waals surface area contributed by atoms with Gasteiger partial charge in [-0.15, -0.1) is 0 Å². The Kier molecular flexibility index (Phi) is 2.04. The lowest BCUT2D eigenvalue weighted by molar-refractivity contribution is -0.254. The number of nitrogens with one attached hydrogen (secondary N) is 1. The molecule has 4 nitrogen and oxygen atoms in total. The van der Waals surface area contributed by atoms with Gasteiger partial charge < -0.3 is 14.9 Å². The Bertz CT molecular complexity index is 598. The summed E-state index contributed by atoms with van der Waals surface area (Å²) in [5, 5.41) is 11.3. The molecule has 2 rings (SSSR count). The molecule has 0 atom stereocenters. The van der Waals surface area contributed by atoms with E-state index in [9.17, 15) is 14.7 Å². The lowest BCUT2D eigenvalue weighted by Gasteiger charge is -2.07. The third-order valence-electron chi connectivity index (χ3n) is 2.22. The number of rotatable bonds is 1. The molecule has 0 fully saturated rings. The SMILES string of the molecule is Cc1ccc2[nH]c(=O)cc(C(=O)[O-])c2c1. The van der Waals surface area contributed by atoms with Gasteiger partial charge in [-0.05, 0) is 19.1 Å². The molecular weight excluding hydrogens is 194 g/mol. The van der Waals surface area contributed by atoms with Gasteiger partial charge in [0.25, 0.3) is 0 Å². The van der Waals surface area contributed by atoms with Crippen LogP contribution in [0.1, 0.15) is 15.9 Å². The van der Waals surface area contributed by atoms with E-state index in [1.54, 1.807) is 18.2 Å². The van der Waals surface area contributed by atoms with Gasteiger partial charge in [0, 0.05) is 22.5 Å². The summed E-state index contributed by atoms with van der Waals surface area (Å²) in [6, 6.07) is 6.23. The second-order valence-corrected chi connectivity index (χ2v) is 3.38. The van der Waals surface area contributed by atoms with Gasteiger partial charge in [0.2, 0.25) is 5.56 Å². The molecule has 4 heteroatoms. The highest BCUT2D eigenvalue weighted by atomic mass is 16.4. The second kappa shape index (κ2) is 3.24. The quantitative estimate of drug-likeness (QED) is 0.717. The molecule has 15 heavy (non-hydrogen) atoms. The molecule has 1 heterocycles. The number of carbonyl (C=O) groups excluding carboxylic acids is 1. The van der Waals surface area contributed by atoms with E-state index in [0.29, 0.717) is 10.9 Å². The topological polar surface area (TPSA) is 73.0 Å². The van der Waals surface area contributed by atoms with Gasteiger partial charge in [-0.2, -0.15) is 0 Å². The molecule has 0 aliphatic carbocycles. The Hall–Kier alpha value is -2.10. The largest absolute Gasteiger partial charge is 0.545 e. The zero-order chi connectivity index (χ0) is 11.0. The van der Waals surface area contributed by atoms with Crippen molar-refractivity contribution in [2.75, 3.05) is 0 Å². The van der Waals surface area contributed by atoms with Crippen LogP contribution in [0.3, 0.4) is 0 Å². The van der Waals surface area contributed by atoms with Crippen molar-refractivity contribution in [3.8, 4) is 0 Å². The molecule has 1 aromatic heterocycles. The van der Waals surface area contributed by atoms with Crippen LogP contribution in [0, 0.1) is 6.92 Å². The Labute approximate surface area is 85.2 Å². The molecule has 0 saturated heterocycles. The Morgan fingerprint density at radius 1 is 1.33 bits per heavy atom. The number of hydrogen-bond acceptors (Lipinski definition) is 3. The number of pyridine rings is 1. The van der Waals surface area contributed by atoms with Crippen molar-refractivity contribution in [3.05, 3.63) is 45.7 Å². The summed E-state index contributed by atoms with van der Waals surface area (Å²) < 4.78 is 0. The Balaban J connectivity index is 2.94. The van der Waals surface area contributed by atoms with Gasteiger partial charge in [-0.1, -0.05) is 11.6 Å². The number of carboxylic acid groups (broad SMARTS) is 1. The van der Waals surface area contributed by atoms with Crippen LogP contribution >= 0.6 is 0 Å². The fourth-order valence-corrected chi connectivity index (χ4v) is 1.54. The number of aromatic amines is 1. The summed E-state index contributed by atoms with van der Waals surface area (Å²) in [7, 11) is 0. The molecular formula is C11H8NO3-. The average Bonchev–Trinajstić information content (AvgIpc) is 2.17. The van der Waals surface area contributed by atoms with Crippen molar-refractivity contribution in [1.29, 1.82) is 0 Å². The summed E-state index contributed by atoms with van der Waals surface area (Å²) in [6.07, 6.45) is 0. The van der Waals surface area contributed by atoms with Crippen LogP contribution in [0.15, 0.2) is 29.1 Å². The van der Waals surface area contributed by atoms with E-state index >= 15 is 0 Å². The van der Waals surface area contributed by atoms with Crippen LogP contribution in [0.4, 0.5) is 0 Å². The van der Waals surface area contributed by atoms with Crippen LogP contribution in [0.2, 0.25) is 0 Å². The zero-order valence-electron chi connectivity index (χ0n) is 8.03. The van der Waals surface area contributed by atoms with Gasteiger partial charge in [0.15, 0.2) is 0 Å². The van der Waals surface area contributed by atoms with Crippen molar-refractivity contribution in [2.24, 2.45) is 0 Å². The number of carbonyl (C=O) groups is 1. The van der Waals surface area contributed by atoms with Gasteiger partial charge >= 0.3 is 0 Å². The molecule has 1 N–H and O–H groups in total.